The molecular formula is C19H31N3O. The Morgan fingerprint density at radius 2 is 1.65 bits per heavy atom. The van der Waals surface area contributed by atoms with Crippen molar-refractivity contribution in [3.8, 4) is 0 Å². The molecule has 0 spiro atoms. The third-order valence-corrected chi connectivity index (χ3v) is 4.63. The van der Waals surface area contributed by atoms with Gasteiger partial charge in [-0.15, -0.1) is 0 Å². The molecular weight excluding hydrogens is 286 g/mol. The summed E-state index contributed by atoms with van der Waals surface area (Å²) >= 11 is 0. The minimum absolute atomic E-state index is 0.116. The second-order valence-corrected chi connectivity index (χ2v) is 6.27. The number of carbonyl (C=O) groups is 1. The quantitative estimate of drug-likeness (QED) is 0.832. The van der Waals surface area contributed by atoms with Crippen LogP contribution < -0.4 is 10.2 Å². The van der Waals surface area contributed by atoms with Crippen LogP contribution in [0.1, 0.15) is 46.0 Å². The fourth-order valence-electron chi connectivity index (χ4n) is 3.19. The van der Waals surface area contributed by atoms with Gasteiger partial charge in [0, 0.05) is 37.4 Å². The topological polar surface area (TPSA) is 35.6 Å². The van der Waals surface area contributed by atoms with Crippen molar-refractivity contribution < 1.29 is 4.79 Å². The number of nitrogens with zero attached hydrogens (tertiary/aromatic N) is 2. The first-order chi connectivity index (χ1) is 11.2. The minimum atomic E-state index is 0.116. The number of benzene rings is 1. The first-order valence-electron chi connectivity index (χ1n) is 9.10. The number of anilines is 2. The van der Waals surface area contributed by atoms with Crippen molar-refractivity contribution in [2.45, 2.75) is 46.0 Å². The van der Waals surface area contributed by atoms with Crippen LogP contribution in [0, 0.1) is 0 Å². The normalized spacial score (nSPS) is 15.9. The van der Waals surface area contributed by atoms with E-state index in [1.54, 1.807) is 0 Å². The lowest BCUT2D eigenvalue weighted by molar-refractivity contribution is -0.116. The molecule has 0 aromatic heterocycles. The highest BCUT2D eigenvalue weighted by Crippen LogP contribution is 2.18. The SMILES string of the molecule is CCN(CC)c1ccc(NC(=O)CCN2CCCCCC2)cc1. The van der Waals surface area contributed by atoms with E-state index in [1.807, 2.05) is 12.1 Å². The highest BCUT2D eigenvalue weighted by Gasteiger charge is 2.11. The van der Waals surface area contributed by atoms with Gasteiger partial charge in [-0.2, -0.15) is 0 Å². The molecule has 0 aliphatic carbocycles. The second kappa shape index (κ2) is 9.56. The average Bonchev–Trinajstić information content (AvgIpc) is 2.84. The number of hydrogen-bond acceptors (Lipinski definition) is 3. The molecule has 1 N–H and O–H groups in total. The van der Waals surface area contributed by atoms with Crippen LogP contribution in [0.3, 0.4) is 0 Å². The Morgan fingerprint density at radius 3 is 2.22 bits per heavy atom. The van der Waals surface area contributed by atoms with Crippen LogP contribution in [-0.4, -0.2) is 43.5 Å². The summed E-state index contributed by atoms with van der Waals surface area (Å²) in [6, 6.07) is 8.16. The van der Waals surface area contributed by atoms with Crippen molar-refractivity contribution in [1.82, 2.24) is 4.90 Å². The van der Waals surface area contributed by atoms with E-state index < -0.39 is 0 Å². The molecule has 1 aromatic rings. The largest absolute Gasteiger partial charge is 0.372 e. The van der Waals surface area contributed by atoms with E-state index in [0.717, 1.165) is 38.4 Å². The third-order valence-electron chi connectivity index (χ3n) is 4.63. The number of hydrogen-bond donors (Lipinski definition) is 1. The van der Waals surface area contributed by atoms with E-state index in [9.17, 15) is 4.79 Å². The zero-order chi connectivity index (χ0) is 16.5. The van der Waals surface area contributed by atoms with E-state index in [2.05, 4.69) is 41.1 Å². The first-order valence-corrected chi connectivity index (χ1v) is 9.10. The van der Waals surface area contributed by atoms with E-state index in [0.29, 0.717) is 6.42 Å². The van der Waals surface area contributed by atoms with Crippen LogP contribution in [-0.2, 0) is 4.79 Å². The number of likely N-dealkylation sites (tertiary alicyclic amines) is 1. The lowest BCUT2D eigenvalue weighted by Gasteiger charge is -2.21. The Morgan fingerprint density at radius 1 is 1.04 bits per heavy atom. The zero-order valence-electron chi connectivity index (χ0n) is 14.7. The van der Waals surface area contributed by atoms with Gasteiger partial charge in [-0.05, 0) is 64.0 Å². The van der Waals surface area contributed by atoms with Crippen molar-refractivity contribution in [2.24, 2.45) is 0 Å². The van der Waals surface area contributed by atoms with Crippen molar-refractivity contribution in [3.63, 3.8) is 0 Å². The molecule has 23 heavy (non-hydrogen) atoms. The van der Waals surface area contributed by atoms with Gasteiger partial charge in [0.05, 0.1) is 0 Å². The van der Waals surface area contributed by atoms with Gasteiger partial charge in [0.25, 0.3) is 0 Å². The summed E-state index contributed by atoms with van der Waals surface area (Å²) in [5.74, 6) is 0.116. The summed E-state index contributed by atoms with van der Waals surface area (Å²) in [7, 11) is 0. The summed E-state index contributed by atoms with van der Waals surface area (Å²) in [6.45, 7) is 9.47. The van der Waals surface area contributed by atoms with E-state index in [4.69, 9.17) is 0 Å². The molecule has 2 rings (SSSR count). The van der Waals surface area contributed by atoms with Crippen molar-refractivity contribution >= 4 is 17.3 Å². The standard InChI is InChI=1S/C19H31N3O/c1-3-22(4-2)18-11-9-17(10-12-18)20-19(23)13-16-21-14-7-5-6-8-15-21/h9-12H,3-8,13-16H2,1-2H3,(H,20,23). The fraction of sp³-hybridized carbons (Fsp3) is 0.632. The van der Waals surface area contributed by atoms with Crippen molar-refractivity contribution in [1.29, 1.82) is 0 Å². The fourth-order valence-corrected chi connectivity index (χ4v) is 3.19. The first kappa shape index (κ1) is 17.8. The van der Waals surface area contributed by atoms with Gasteiger partial charge in [-0.25, -0.2) is 0 Å². The average molecular weight is 317 g/mol. The van der Waals surface area contributed by atoms with Crippen LogP contribution in [0.5, 0.6) is 0 Å². The maximum atomic E-state index is 12.1. The molecule has 0 bridgehead atoms. The Balaban J connectivity index is 1.78. The monoisotopic (exact) mass is 317 g/mol. The lowest BCUT2D eigenvalue weighted by Crippen LogP contribution is -2.28. The maximum Gasteiger partial charge on any atom is 0.225 e. The molecule has 128 valence electrons. The van der Waals surface area contributed by atoms with Gasteiger partial charge in [-0.3, -0.25) is 4.79 Å². The Kier molecular flexibility index (Phi) is 7.40. The molecule has 4 heteroatoms. The van der Waals surface area contributed by atoms with Gasteiger partial charge in [-0.1, -0.05) is 12.8 Å². The van der Waals surface area contributed by atoms with Crippen LogP contribution >= 0.6 is 0 Å². The Hall–Kier alpha value is -1.55. The van der Waals surface area contributed by atoms with Gasteiger partial charge in [0.15, 0.2) is 0 Å². The summed E-state index contributed by atoms with van der Waals surface area (Å²) in [6.07, 6.45) is 5.80. The molecule has 1 heterocycles. The molecule has 1 amide bonds. The molecule has 0 radical (unpaired) electrons. The van der Waals surface area contributed by atoms with Crippen molar-refractivity contribution in [3.05, 3.63) is 24.3 Å². The molecule has 0 atom stereocenters. The van der Waals surface area contributed by atoms with E-state index in [1.165, 1.54) is 31.4 Å². The smallest absolute Gasteiger partial charge is 0.225 e. The van der Waals surface area contributed by atoms with E-state index >= 15 is 0 Å². The molecule has 0 unspecified atom stereocenters. The van der Waals surface area contributed by atoms with Gasteiger partial charge in [0.1, 0.15) is 0 Å². The van der Waals surface area contributed by atoms with Crippen LogP contribution in [0.2, 0.25) is 0 Å². The number of amides is 1. The minimum Gasteiger partial charge on any atom is -0.372 e. The van der Waals surface area contributed by atoms with Gasteiger partial charge >= 0.3 is 0 Å². The number of carbonyl (C=O) groups excluding carboxylic acids is 1. The predicted octanol–water partition coefficient (Wildman–Crippen LogP) is 3.74. The molecule has 1 aromatic carbocycles. The van der Waals surface area contributed by atoms with Gasteiger partial charge < -0.3 is 15.1 Å². The lowest BCUT2D eigenvalue weighted by atomic mass is 10.2. The van der Waals surface area contributed by atoms with Crippen LogP contribution in [0.25, 0.3) is 0 Å². The zero-order valence-corrected chi connectivity index (χ0v) is 14.7. The number of rotatable bonds is 7. The second-order valence-electron chi connectivity index (χ2n) is 6.27. The van der Waals surface area contributed by atoms with Crippen molar-refractivity contribution in [2.75, 3.05) is 42.9 Å². The molecule has 1 aliphatic rings. The van der Waals surface area contributed by atoms with Crippen LogP contribution in [0.4, 0.5) is 11.4 Å². The van der Waals surface area contributed by atoms with Crippen LogP contribution in [0.15, 0.2) is 24.3 Å². The van der Waals surface area contributed by atoms with E-state index in [-0.39, 0.29) is 5.91 Å². The van der Waals surface area contributed by atoms with Gasteiger partial charge in [0.2, 0.25) is 5.91 Å². The Labute approximate surface area is 140 Å². The third kappa shape index (κ3) is 5.87. The maximum absolute atomic E-state index is 12.1. The molecule has 0 saturated carbocycles. The highest BCUT2D eigenvalue weighted by atomic mass is 16.1. The summed E-state index contributed by atoms with van der Waals surface area (Å²) in [5, 5.41) is 3.02. The summed E-state index contributed by atoms with van der Waals surface area (Å²) in [4.78, 5) is 16.8. The molecule has 1 aliphatic heterocycles. The summed E-state index contributed by atoms with van der Waals surface area (Å²) < 4.78 is 0. The molecule has 1 saturated heterocycles. The summed E-state index contributed by atoms with van der Waals surface area (Å²) in [5.41, 5.74) is 2.10. The highest BCUT2D eigenvalue weighted by molar-refractivity contribution is 5.91. The molecule has 1 fully saturated rings. The number of nitrogens with one attached hydrogen (secondary N) is 1. The predicted molar refractivity (Wildman–Crippen MR) is 98.2 cm³/mol. The Bertz CT molecular complexity index is 460. The molecule has 4 nitrogen and oxygen atoms in total.